The summed E-state index contributed by atoms with van der Waals surface area (Å²) in [6.45, 7) is 7.42. The third-order valence-electron chi connectivity index (χ3n) is 8.91. The summed E-state index contributed by atoms with van der Waals surface area (Å²) < 4.78 is 0. The molecule has 0 radical (unpaired) electrons. The average Bonchev–Trinajstić information content (AvgIpc) is 2.77. The number of nitrogens with two attached hydrogens (primary N) is 1. The Bertz CT molecular complexity index is 488. The molecular weight excluding hydrogens is 270 g/mol. The lowest BCUT2D eigenvalue weighted by Gasteiger charge is -2.61. The number of hydrogen-bond acceptors (Lipinski definition) is 2. The van der Waals surface area contributed by atoms with Crippen LogP contribution in [0.5, 0.6) is 0 Å². The minimum Gasteiger partial charge on any atom is -0.325 e. The van der Waals surface area contributed by atoms with Gasteiger partial charge in [0.2, 0.25) is 0 Å². The van der Waals surface area contributed by atoms with Gasteiger partial charge in [0, 0.05) is 18.4 Å². The zero-order valence-corrected chi connectivity index (χ0v) is 14.6. The predicted octanol–water partition coefficient (Wildman–Crippen LogP) is 4.17. The summed E-state index contributed by atoms with van der Waals surface area (Å²) in [6.07, 6.45) is 9.31. The zero-order chi connectivity index (χ0) is 15.7. The van der Waals surface area contributed by atoms with Crippen molar-refractivity contribution in [3.8, 4) is 0 Å². The average molecular weight is 303 g/mol. The number of fused-ring (bicyclic) bond motifs is 5. The minimum atomic E-state index is -0.0383. The molecule has 2 N–H and O–H groups in total. The van der Waals surface area contributed by atoms with Gasteiger partial charge < -0.3 is 5.73 Å². The third kappa shape index (κ3) is 1.85. The quantitative estimate of drug-likeness (QED) is 0.730. The molecule has 0 aromatic rings. The van der Waals surface area contributed by atoms with E-state index in [1.165, 1.54) is 32.1 Å². The number of Topliss-reactive ketones (excluding diaryl/α,β-unsaturated/α-hetero) is 1. The van der Waals surface area contributed by atoms with E-state index in [-0.39, 0.29) is 5.54 Å². The molecule has 0 spiro atoms. The van der Waals surface area contributed by atoms with Gasteiger partial charge in [-0.15, -0.1) is 0 Å². The smallest absolute Gasteiger partial charge is 0.133 e. The molecule has 2 nitrogen and oxygen atoms in total. The molecule has 22 heavy (non-hydrogen) atoms. The zero-order valence-electron chi connectivity index (χ0n) is 14.6. The van der Waals surface area contributed by atoms with Crippen LogP contribution in [0.2, 0.25) is 0 Å². The van der Waals surface area contributed by atoms with Crippen LogP contribution in [0.3, 0.4) is 0 Å². The Morgan fingerprint density at radius 2 is 1.82 bits per heavy atom. The van der Waals surface area contributed by atoms with Gasteiger partial charge in [-0.25, -0.2) is 0 Å². The van der Waals surface area contributed by atoms with Gasteiger partial charge in [0.15, 0.2) is 0 Å². The Labute approximate surface area is 135 Å². The molecule has 0 amide bonds. The van der Waals surface area contributed by atoms with Gasteiger partial charge in [0.1, 0.15) is 5.78 Å². The molecule has 0 bridgehead atoms. The van der Waals surface area contributed by atoms with Crippen LogP contribution in [0.15, 0.2) is 0 Å². The Balaban J connectivity index is 1.68. The van der Waals surface area contributed by atoms with E-state index in [1.54, 1.807) is 0 Å². The molecule has 8 atom stereocenters. The largest absolute Gasteiger partial charge is 0.325 e. The summed E-state index contributed by atoms with van der Waals surface area (Å²) in [6, 6.07) is 0. The Hall–Kier alpha value is -0.370. The lowest BCUT2D eigenvalue weighted by atomic mass is 9.45. The second-order valence-electron chi connectivity index (χ2n) is 9.57. The van der Waals surface area contributed by atoms with Crippen molar-refractivity contribution in [3.63, 3.8) is 0 Å². The van der Waals surface area contributed by atoms with E-state index in [9.17, 15) is 4.79 Å². The van der Waals surface area contributed by atoms with E-state index in [0.29, 0.717) is 29.0 Å². The van der Waals surface area contributed by atoms with E-state index in [2.05, 4.69) is 20.8 Å². The van der Waals surface area contributed by atoms with Crippen molar-refractivity contribution >= 4 is 5.78 Å². The van der Waals surface area contributed by atoms with Crippen molar-refractivity contribution < 1.29 is 4.79 Å². The Morgan fingerprint density at radius 3 is 2.59 bits per heavy atom. The normalized spacial score (nSPS) is 57.9. The van der Waals surface area contributed by atoms with Gasteiger partial charge in [0.05, 0.1) is 0 Å². The highest BCUT2D eigenvalue weighted by Gasteiger charge is 2.61. The van der Waals surface area contributed by atoms with Crippen LogP contribution < -0.4 is 5.73 Å². The summed E-state index contributed by atoms with van der Waals surface area (Å²) in [7, 11) is 0. The molecule has 0 aromatic heterocycles. The van der Waals surface area contributed by atoms with Gasteiger partial charge in [0.25, 0.3) is 0 Å². The summed E-state index contributed by atoms with van der Waals surface area (Å²) in [4.78, 5) is 12.0. The first kappa shape index (κ1) is 15.2. The van der Waals surface area contributed by atoms with E-state index in [0.717, 1.165) is 37.0 Å². The first-order valence-electron chi connectivity index (χ1n) is 9.67. The second kappa shape index (κ2) is 4.82. The van der Waals surface area contributed by atoms with Crippen LogP contribution in [0.4, 0.5) is 0 Å². The first-order chi connectivity index (χ1) is 10.4. The second-order valence-corrected chi connectivity index (χ2v) is 9.57. The van der Waals surface area contributed by atoms with Crippen molar-refractivity contribution in [1.29, 1.82) is 0 Å². The van der Waals surface area contributed by atoms with Crippen LogP contribution >= 0.6 is 0 Å². The first-order valence-corrected chi connectivity index (χ1v) is 9.67. The molecule has 124 valence electrons. The van der Waals surface area contributed by atoms with E-state index in [4.69, 9.17) is 5.73 Å². The fourth-order valence-corrected chi connectivity index (χ4v) is 7.41. The van der Waals surface area contributed by atoms with Crippen LogP contribution in [-0.2, 0) is 4.79 Å². The van der Waals surface area contributed by atoms with Gasteiger partial charge in [-0.2, -0.15) is 0 Å². The highest BCUT2D eigenvalue weighted by molar-refractivity contribution is 5.80. The molecule has 4 fully saturated rings. The fraction of sp³-hybridized carbons (Fsp3) is 0.950. The SMILES string of the molecule is CC1CC[C@H]2C3C[C@@H](C)[C@H]4CC(=O)CC[C@]4(N)C3CC[C@]12C. The number of carbonyl (C=O) groups is 1. The summed E-state index contributed by atoms with van der Waals surface area (Å²) >= 11 is 0. The van der Waals surface area contributed by atoms with Gasteiger partial charge in [-0.05, 0) is 79.4 Å². The number of hydrogen-bond donors (Lipinski definition) is 1. The van der Waals surface area contributed by atoms with Gasteiger partial charge in [-0.1, -0.05) is 20.8 Å². The molecule has 0 aliphatic heterocycles. The number of carbonyl (C=O) groups excluding carboxylic acids is 1. The van der Waals surface area contributed by atoms with Crippen LogP contribution in [-0.4, -0.2) is 11.3 Å². The van der Waals surface area contributed by atoms with Crippen LogP contribution in [0.25, 0.3) is 0 Å². The third-order valence-corrected chi connectivity index (χ3v) is 8.91. The summed E-state index contributed by atoms with van der Waals surface area (Å²) in [5, 5.41) is 0. The minimum absolute atomic E-state index is 0.0383. The maximum atomic E-state index is 12.0. The molecule has 4 aliphatic carbocycles. The maximum absolute atomic E-state index is 12.0. The molecule has 4 saturated carbocycles. The van der Waals surface area contributed by atoms with Crippen molar-refractivity contribution in [1.82, 2.24) is 0 Å². The summed E-state index contributed by atoms with van der Waals surface area (Å²) in [5.41, 5.74) is 7.61. The highest BCUT2D eigenvalue weighted by atomic mass is 16.1. The maximum Gasteiger partial charge on any atom is 0.133 e. The molecule has 4 aliphatic rings. The van der Waals surface area contributed by atoms with Gasteiger partial charge >= 0.3 is 0 Å². The number of ketones is 1. The predicted molar refractivity (Wildman–Crippen MR) is 89.3 cm³/mol. The Kier molecular flexibility index (Phi) is 3.32. The molecule has 3 unspecified atom stereocenters. The lowest BCUT2D eigenvalue weighted by molar-refractivity contribution is -0.134. The molecule has 4 rings (SSSR count). The molecule has 0 saturated heterocycles. The standard InChI is InChI=1S/C20H33NO/c1-12-10-15-16-5-4-13(2)19(16,3)8-7-17(15)20(21)9-6-14(22)11-18(12)20/h12-13,15-18H,4-11,21H2,1-3H3/t12-,13?,15?,16+,17?,18-,19-,20+/m1/s1. The topological polar surface area (TPSA) is 43.1 Å². The van der Waals surface area contributed by atoms with E-state index < -0.39 is 0 Å². The molecule has 2 heteroatoms. The van der Waals surface area contributed by atoms with Gasteiger partial charge in [-0.3, -0.25) is 4.79 Å². The van der Waals surface area contributed by atoms with Crippen molar-refractivity contribution in [2.24, 2.45) is 46.7 Å². The highest BCUT2D eigenvalue weighted by Crippen LogP contribution is 2.65. The van der Waals surface area contributed by atoms with E-state index >= 15 is 0 Å². The van der Waals surface area contributed by atoms with Crippen LogP contribution in [0.1, 0.15) is 72.1 Å². The summed E-state index contributed by atoms with van der Waals surface area (Å²) in [5.74, 6) is 4.84. The molecule has 0 heterocycles. The fourth-order valence-electron chi connectivity index (χ4n) is 7.41. The Morgan fingerprint density at radius 1 is 1.05 bits per heavy atom. The molecular formula is C20H33NO. The van der Waals surface area contributed by atoms with Crippen LogP contribution in [0, 0.1) is 40.9 Å². The number of rotatable bonds is 0. The van der Waals surface area contributed by atoms with Crippen molar-refractivity contribution in [2.45, 2.75) is 77.7 Å². The van der Waals surface area contributed by atoms with Crippen molar-refractivity contribution in [3.05, 3.63) is 0 Å². The monoisotopic (exact) mass is 303 g/mol. The lowest BCUT2D eigenvalue weighted by Crippen LogP contribution is -2.65. The van der Waals surface area contributed by atoms with E-state index in [1.807, 2.05) is 0 Å². The van der Waals surface area contributed by atoms with Crippen molar-refractivity contribution in [2.75, 3.05) is 0 Å². The molecule has 0 aromatic carbocycles.